The van der Waals surface area contributed by atoms with Crippen molar-refractivity contribution in [3.05, 3.63) is 64.2 Å². The van der Waals surface area contributed by atoms with Gasteiger partial charge in [-0.2, -0.15) is 0 Å². The zero-order valence-electron chi connectivity index (χ0n) is 9.81. The molecule has 0 aliphatic rings. The summed E-state index contributed by atoms with van der Waals surface area (Å²) in [5.41, 5.74) is 1.93. The quantitative estimate of drug-likeness (QED) is 0.861. The van der Waals surface area contributed by atoms with Crippen LogP contribution in [0.2, 0.25) is 5.02 Å². The minimum Gasteiger partial charge on any atom is -0.381 e. The summed E-state index contributed by atoms with van der Waals surface area (Å²) in [7, 11) is 0. The van der Waals surface area contributed by atoms with Gasteiger partial charge in [0.05, 0.1) is 0 Å². The summed E-state index contributed by atoms with van der Waals surface area (Å²) < 4.78 is 26.5. The van der Waals surface area contributed by atoms with Crippen molar-refractivity contribution in [1.29, 1.82) is 0 Å². The summed E-state index contributed by atoms with van der Waals surface area (Å²) in [6.07, 6.45) is 0. The first kappa shape index (κ1) is 12.8. The first-order valence-corrected chi connectivity index (χ1v) is 5.88. The third-order valence-electron chi connectivity index (χ3n) is 2.71. The van der Waals surface area contributed by atoms with Gasteiger partial charge in [-0.3, -0.25) is 0 Å². The zero-order valence-corrected chi connectivity index (χ0v) is 10.6. The Morgan fingerprint density at radius 3 is 2.61 bits per heavy atom. The topological polar surface area (TPSA) is 12.0 Å². The van der Waals surface area contributed by atoms with Crippen molar-refractivity contribution in [1.82, 2.24) is 0 Å². The highest BCUT2D eigenvalue weighted by Crippen LogP contribution is 2.22. The van der Waals surface area contributed by atoms with Gasteiger partial charge in [-0.1, -0.05) is 17.7 Å². The smallest absolute Gasteiger partial charge is 0.129 e. The Hall–Kier alpha value is -1.61. The molecule has 0 aliphatic heterocycles. The molecule has 2 rings (SSSR count). The van der Waals surface area contributed by atoms with Gasteiger partial charge in [-0.05, 0) is 42.8 Å². The van der Waals surface area contributed by atoms with E-state index in [4.69, 9.17) is 11.6 Å². The van der Waals surface area contributed by atoms with E-state index < -0.39 is 0 Å². The number of anilines is 1. The number of halogens is 3. The number of rotatable bonds is 3. The molecule has 0 bridgehead atoms. The second-order valence-corrected chi connectivity index (χ2v) is 4.42. The summed E-state index contributed by atoms with van der Waals surface area (Å²) >= 11 is 5.92. The molecule has 0 unspecified atom stereocenters. The summed E-state index contributed by atoms with van der Waals surface area (Å²) in [6, 6.07) is 8.97. The van der Waals surface area contributed by atoms with Gasteiger partial charge in [0.2, 0.25) is 0 Å². The van der Waals surface area contributed by atoms with Gasteiger partial charge >= 0.3 is 0 Å². The zero-order chi connectivity index (χ0) is 13.1. The Balaban J connectivity index is 2.16. The third kappa shape index (κ3) is 2.79. The van der Waals surface area contributed by atoms with E-state index in [0.717, 1.165) is 11.3 Å². The fraction of sp³-hybridized carbons (Fsp3) is 0.143. The normalized spacial score (nSPS) is 10.4. The van der Waals surface area contributed by atoms with Gasteiger partial charge in [-0.25, -0.2) is 8.78 Å². The monoisotopic (exact) mass is 267 g/mol. The Morgan fingerprint density at radius 1 is 1.17 bits per heavy atom. The van der Waals surface area contributed by atoms with Crippen molar-refractivity contribution in [2.75, 3.05) is 5.32 Å². The molecular formula is C14H12ClF2N. The highest BCUT2D eigenvalue weighted by atomic mass is 35.5. The molecule has 0 aromatic heterocycles. The van der Waals surface area contributed by atoms with Crippen molar-refractivity contribution >= 4 is 17.3 Å². The number of hydrogen-bond donors (Lipinski definition) is 1. The first-order valence-electron chi connectivity index (χ1n) is 5.51. The molecule has 1 nitrogen and oxygen atoms in total. The van der Waals surface area contributed by atoms with E-state index in [-0.39, 0.29) is 18.2 Å². The molecule has 4 heteroatoms. The molecule has 0 atom stereocenters. The Bertz CT molecular complexity index is 549. The van der Waals surface area contributed by atoms with E-state index in [1.807, 2.05) is 0 Å². The summed E-state index contributed by atoms with van der Waals surface area (Å²) in [5.74, 6) is -0.642. The molecule has 0 heterocycles. The first-order chi connectivity index (χ1) is 8.58. The highest BCUT2D eigenvalue weighted by Gasteiger charge is 2.07. The molecule has 0 amide bonds. The van der Waals surface area contributed by atoms with Crippen LogP contribution in [-0.4, -0.2) is 0 Å². The number of hydrogen-bond acceptors (Lipinski definition) is 1. The molecule has 2 aromatic carbocycles. The lowest BCUT2D eigenvalue weighted by atomic mass is 10.1. The van der Waals surface area contributed by atoms with Crippen LogP contribution in [0.25, 0.3) is 0 Å². The van der Waals surface area contributed by atoms with Crippen LogP contribution < -0.4 is 5.32 Å². The molecule has 0 saturated heterocycles. The van der Waals surface area contributed by atoms with E-state index in [2.05, 4.69) is 5.32 Å². The standard InChI is InChI=1S/C14H12ClF2N/c1-9-7-10(16)5-6-14(9)18-8-11-12(15)3-2-4-13(11)17/h2-7,18H,8H2,1H3. The van der Waals surface area contributed by atoms with Gasteiger partial charge in [0.1, 0.15) is 11.6 Å². The fourth-order valence-electron chi connectivity index (χ4n) is 1.71. The van der Waals surface area contributed by atoms with E-state index in [0.29, 0.717) is 10.6 Å². The summed E-state index contributed by atoms with van der Waals surface area (Å²) in [6.45, 7) is 2.05. The van der Waals surface area contributed by atoms with Crippen molar-refractivity contribution in [2.24, 2.45) is 0 Å². The van der Waals surface area contributed by atoms with Gasteiger partial charge in [0, 0.05) is 22.8 Å². The van der Waals surface area contributed by atoms with Crippen LogP contribution in [0, 0.1) is 18.6 Å². The second-order valence-electron chi connectivity index (χ2n) is 4.01. The molecule has 18 heavy (non-hydrogen) atoms. The Kier molecular flexibility index (Phi) is 3.82. The average molecular weight is 268 g/mol. The lowest BCUT2D eigenvalue weighted by Gasteiger charge is -2.11. The molecule has 0 radical (unpaired) electrons. The Labute approximate surface area is 109 Å². The number of benzene rings is 2. The van der Waals surface area contributed by atoms with Crippen LogP contribution in [0.5, 0.6) is 0 Å². The fourth-order valence-corrected chi connectivity index (χ4v) is 1.94. The lowest BCUT2D eigenvalue weighted by Crippen LogP contribution is -2.04. The van der Waals surface area contributed by atoms with Crippen LogP contribution in [0.4, 0.5) is 14.5 Å². The van der Waals surface area contributed by atoms with Crippen LogP contribution in [0.3, 0.4) is 0 Å². The molecule has 0 saturated carbocycles. The molecule has 0 spiro atoms. The second kappa shape index (κ2) is 5.36. The molecule has 0 aliphatic carbocycles. The Morgan fingerprint density at radius 2 is 1.94 bits per heavy atom. The maximum atomic E-state index is 13.5. The van der Waals surface area contributed by atoms with Crippen LogP contribution >= 0.6 is 11.6 Å². The van der Waals surface area contributed by atoms with Crippen LogP contribution in [0.15, 0.2) is 36.4 Å². The van der Waals surface area contributed by atoms with Gasteiger partial charge in [0.15, 0.2) is 0 Å². The highest BCUT2D eigenvalue weighted by molar-refractivity contribution is 6.31. The van der Waals surface area contributed by atoms with Crippen molar-refractivity contribution in [2.45, 2.75) is 13.5 Å². The van der Waals surface area contributed by atoms with E-state index in [1.165, 1.54) is 18.2 Å². The maximum Gasteiger partial charge on any atom is 0.129 e. The molecule has 94 valence electrons. The average Bonchev–Trinajstić information content (AvgIpc) is 2.31. The number of nitrogens with one attached hydrogen (secondary N) is 1. The molecule has 1 N–H and O–H groups in total. The van der Waals surface area contributed by atoms with Crippen molar-refractivity contribution in [3.8, 4) is 0 Å². The predicted octanol–water partition coefficient (Wildman–Crippen LogP) is 4.54. The van der Waals surface area contributed by atoms with Crippen LogP contribution in [-0.2, 0) is 6.54 Å². The lowest BCUT2D eigenvalue weighted by molar-refractivity contribution is 0.613. The summed E-state index contributed by atoms with van der Waals surface area (Å²) in [5, 5.41) is 3.42. The van der Waals surface area contributed by atoms with Gasteiger partial charge in [0.25, 0.3) is 0 Å². The van der Waals surface area contributed by atoms with E-state index in [1.54, 1.807) is 25.1 Å². The number of aryl methyl sites for hydroxylation is 1. The third-order valence-corrected chi connectivity index (χ3v) is 3.06. The molecule has 2 aromatic rings. The van der Waals surface area contributed by atoms with Crippen molar-refractivity contribution in [3.63, 3.8) is 0 Å². The van der Waals surface area contributed by atoms with Crippen LogP contribution in [0.1, 0.15) is 11.1 Å². The van der Waals surface area contributed by atoms with E-state index in [9.17, 15) is 8.78 Å². The van der Waals surface area contributed by atoms with Gasteiger partial charge < -0.3 is 5.32 Å². The minimum absolute atomic E-state index is 0.262. The van der Waals surface area contributed by atoms with Gasteiger partial charge in [-0.15, -0.1) is 0 Å². The molecular weight excluding hydrogens is 256 g/mol. The maximum absolute atomic E-state index is 13.5. The minimum atomic E-state index is -0.352. The predicted molar refractivity (Wildman–Crippen MR) is 69.9 cm³/mol. The SMILES string of the molecule is Cc1cc(F)ccc1NCc1c(F)cccc1Cl. The van der Waals surface area contributed by atoms with E-state index >= 15 is 0 Å². The molecule has 0 fully saturated rings. The largest absolute Gasteiger partial charge is 0.381 e. The van der Waals surface area contributed by atoms with Crippen molar-refractivity contribution < 1.29 is 8.78 Å². The summed E-state index contributed by atoms with van der Waals surface area (Å²) in [4.78, 5) is 0.